The number of rotatable bonds is 4. The van der Waals surface area contributed by atoms with Crippen LogP contribution >= 0.6 is 11.6 Å². The van der Waals surface area contributed by atoms with Gasteiger partial charge in [0.1, 0.15) is 0 Å². The predicted octanol–water partition coefficient (Wildman–Crippen LogP) is 3.11. The molecular weight excluding hydrogens is 274 g/mol. The predicted molar refractivity (Wildman–Crippen MR) is 79.9 cm³/mol. The van der Waals surface area contributed by atoms with Gasteiger partial charge >= 0.3 is 0 Å². The summed E-state index contributed by atoms with van der Waals surface area (Å²) in [6, 6.07) is 14.2. The molecule has 20 heavy (non-hydrogen) atoms. The van der Waals surface area contributed by atoms with Crippen molar-refractivity contribution in [2.75, 3.05) is 6.54 Å². The molecule has 0 aliphatic carbocycles. The van der Waals surface area contributed by atoms with E-state index in [-0.39, 0.29) is 12.5 Å². The van der Waals surface area contributed by atoms with E-state index in [1.54, 1.807) is 36.4 Å². The molecule has 2 aromatic rings. The fraction of sp³-hybridized carbons (Fsp3) is 0.188. The first kappa shape index (κ1) is 14.6. The van der Waals surface area contributed by atoms with Crippen molar-refractivity contribution >= 4 is 17.5 Å². The molecule has 3 nitrogen and oxygen atoms in total. The number of aliphatic hydroxyl groups excluding tert-OH is 1. The van der Waals surface area contributed by atoms with Gasteiger partial charge in [-0.1, -0.05) is 41.4 Å². The monoisotopic (exact) mass is 289 g/mol. The highest BCUT2D eigenvalue weighted by molar-refractivity contribution is 6.30. The summed E-state index contributed by atoms with van der Waals surface area (Å²) in [7, 11) is 0. The highest BCUT2D eigenvalue weighted by Crippen LogP contribution is 2.15. The van der Waals surface area contributed by atoms with Gasteiger partial charge in [0.25, 0.3) is 5.91 Å². The molecule has 1 amide bonds. The number of carbonyl (C=O) groups excluding carboxylic acids is 1. The van der Waals surface area contributed by atoms with E-state index < -0.39 is 6.10 Å². The van der Waals surface area contributed by atoms with E-state index in [4.69, 9.17) is 11.6 Å². The van der Waals surface area contributed by atoms with Crippen LogP contribution in [0.1, 0.15) is 27.6 Å². The Bertz CT molecular complexity index is 578. The van der Waals surface area contributed by atoms with Crippen molar-refractivity contribution in [3.05, 3.63) is 70.2 Å². The summed E-state index contributed by atoms with van der Waals surface area (Å²) in [6.07, 6.45) is -0.748. The maximum atomic E-state index is 11.9. The Kier molecular flexibility index (Phi) is 4.77. The molecule has 2 N–H and O–H groups in total. The standard InChI is InChI=1S/C16H16ClNO2/c1-11-2-4-13(5-3-11)16(20)18-10-15(19)12-6-8-14(17)9-7-12/h2-9,15,19H,10H2,1H3,(H,18,20)/t15-/m1/s1. The van der Waals surface area contributed by atoms with Crippen LogP contribution in [0.3, 0.4) is 0 Å². The molecule has 4 heteroatoms. The Morgan fingerprint density at radius 1 is 1.15 bits per heavy atom. The molecular formula is C16H16ClNO2. The van der Waals surface area contributed by atoms with E-state index in [0.717, 1.165) is 11.1 Å². The van der Waals surface area contributed by atoms with Crippen LogP contribution in [0.4, 0.5) is 0 Å². The van der Waals surface area contributed by atoms with Crippen LogP contribution in [-0.2, 0) is 0 Å². The lowest BCUT2D eigenvalue weighted by atomic mass is 10.1. The molecule has 0 saturated heterocycles. The average Bonchev–Trinajstić information content (AvgIpc) is 2.46. The van der Waals surface area contributed by atoms with E-state index in [2.05, 4.69) is 5.32 Å². The Balaban J connectivity index is 1.92. The zero-order chi connectivity index (χ0) is 14.5. The third-order valence-corrected chi connectivity index (χ3v) is 3.28. The van der Waals surface area contributed by atoms with E-state index in [1.165, 1.54) is 0 Å². The van der Waals surface area contributed by atoms with Gasteiger partial charge in [-0.05, 0) is 36.8 Å². The number of aliphatic hydroxyl groups is 1. The van der Waals surface area contributed by atoms with Crippen LogP contribution in [-0.4, -0.2) is 17.6 Å². The first-order valence-electron chi connectivity index (χ1n) is 6.34. The summed E-state index contributed by atoms with van der Waals surface area (Å²) in [6.45, 7) is 2.13. The molecule has 0 unspecified atom stereocenters. The Labute approximate surface area is 123 Å². The number of aryl methyl sites for hydroxylation is 1. The molecule has 0 saturated carbocycles. The molecule has 2 aromatic carbocycles. The lowest BCUT2D eigenvalue weighted by molar-refractivity contribution is 0.0916. The summed E-state index contributed by atoms with van der Waals surface area (Å²) in [5.74, 6) is -0.196. The van der Waals surface area contributed by atoms with Crippen molar-refractivity contribution in [3.63, 3.8) is 0 Å². The fourth-order valence-corrected chi connectivity index (χ4v) is 1.93. The van der Waals surface area contributed by atoms with Gasteiger partial charge in [-0.15, -0.1) is 0 Å². The van der Waals surface area contributed by atoms with Gasteiger partial charge in [0.15, 0.2) is 0 Å². The van der Waals surface area contributed by atoms with Crippen LogP contribution in [0, 0.1) is 6.92 Å². The third-order valence-electron chi connectivity index (χ3n) is 3.02. The topological polar surface area (TPSA) is 49.3 Å². The highest BCUT2D eigenvalue weighted by atomic mass is 35.5. The van der Waals surface area contributed by atoms with Gasteiger partial charge in [-0.25, -0.2) is 0 Å². The van der Waals surface area contributed by atoms with Crippen LogP contribution in [0.2, 0.25) is 5.02 Å². The SMILES string of the molecule is Cc1ccc(C(=O)NC[C@@H](O)c2ccc(Cl)cc2)cc1. The fourth-order valence-electron chi connectivity index (χ4n) is 1.80. The minimum Gasteiger partial charge on any atom is -0.387 e. The first-order chi connectivity index (χ1) is 9.56. The van der Waals surface area contributed by atoms with Crippen molar-refractivity contribution in [1.82, 2.24) is 5.32 Å². The number of hydrogen-bond acceptors (Lipinski definition) is 2. The Hall–Kier alpha value is -1.84. The lowest BCUT2D eigenvalue weighted by Crippen LogP contribution is -2.28. The second-order valence-corrected chi connectivity index (χ2v) is 5.08. The Morgan fingerprint density at radius 3 is 2.35 bits per heavy atom. The molecule has 0 fully saturated rings. The maximum Gasteiger partial charge on any atom is 0.251 e. The summed E-state index contributed by atoms with van der Waals surface area (Å²) in [4.78, 5) is 11.9. The van der Waals surface area contributed by atoms with Crippen LogP contribution in [0.5, 0.6) is 0 Å². The second kappa shape index (κ2) is 6.55. The molecule has 104 valence electrons. The molecule has 0 aliphatic rings. The molecule has 0 bridgehead atoms. The van der Waals surface area contributed by atoms with E-state index in [0.29, 0.717) is 10.6 Å². The number of carbonyl (C=O) groups is 1. The van der Waals surface area contributed by atoms with Crippen LogP contribution < -0.4 is 5.32 Å². The lowest BCUT2D eigenvalue weighted by Gasteiger charge is -2.12. The first-order valence-corrected chi connectivity index (χ1v) is 6.72. The second-order valence-electron chi connectivity index (χ2n) is 4.64. The van der Waals surface area contributed by atoms with Crippen molar-refractivity contribution in [1.29, 1.82) is 0 Å². The molecule has 0 aromatic heterocycles. The zero-order valence-corrected chi connectivity index (χ0v) is 11.9. The average molecular weight is 290 g/mol. The quantitative estimate of drug-likeness (QED) is 0.908. The molecule has 2 rings (SSSR count). The van der Waals surface area contributed by atoms with Crippen molar-refractivity contribution in [3.8, 4) is 0 Å². The summed E-state index contributed by atoms with van der Waals surface area (Å²) in [5.41, 5.74) is 2.40. The van der Waals surface area contributed by atoms with Gasteiger partial charge in [0.05, 0.1) is 6.10 Å². The number of halogens is 1. The summed E-state index contributed by atoms with van der Waals surface area (Å²) >= 11 is 5.79. The third kappa shape index (κ3) is 3.83. The number of benzene rings is 2. The maximum absolute atomic E-state index is 11.9. The largest absolute Gasteiger partial charge is 0.387 e. The van der Waals surface area contributed by atoms with Gasteiger partial charge in [-0.2, -0.15) is 0 Å². The number of hydrogen-bond donors (Lipinski definition) is 2. The van der Waals surface area contributed by atoms with Gasteiger partial charge in [0, 0.05) is 17.1 Å². The normalized spacial score (nSPS) is 11.9. The summed E-state index contributed by atoms with van der Waals surface area (Å²) in [5, 5.41) is 13.3. The van der Waals surface area contributed by atoms with Gasteiger partial charge in [0.2, 0.25) is 0 Å². The Morgan fingerprint density at radius 2 is 1.75 bits per heavy atom. The van der Waals surface area contributed by atoms with E-state index in [9.17, 15) is 9.90 Å². The molecule has 0 spiro atoms. The molecule has 0 heterocycles. The van der Waals surface area contributed by atoms with Gasteiger partial charge < -0.3 is 10.4 Å². The minimum atomic E-state index is -0.748. The van der Waals surface area contributed by atoms with Crippen molar-refractivity contribution in [2.24, 2.45) is 0 Å². The van der Waals surface area contributed by atoms with Crippen LogP contribution in [0.15, 0.2) is 48.5 Å². The minimum absolute atomic E-state index is 0.161. The molecule has 0 radical (unpaired) electrons. The van der Waals surface area contributed by atoms with E-state index >= 15 is 0 Å². The smallest absolute Gasteiger partial charge is 0.251 e. The van der Waals surface area contributed by atoms with Gasteiger partial charge in [-0.3, -0.25) is 4.79 Å². The molecule has 0 aliphatic heterocycles. The molecule has 1 atom stereocenters. The zero-order valence-electron chi connectivity index (χ0n) is 11.1. The number of amides is 1. The highest BCUT2D eigenvalue weighted by Gasteiger charge is 2.10. The summed E-state index contributed by atoms with van der Waals surface area (Å²) < 4.78 is 0. The number of nitrogens with one attached hydrogen (secondary N) is 1. The van der Waals surface area contributed by atoms with Crippen LogP contribution in [0.25, 0.3) is 0 Å². The van der Waals surface area contributed by atoms with Crippen molar-refractivity contribution in [2.45, 2.75) is 13.0 Å². The van der Waals surface area contributed by atoms with Crippen molar-refractivity contribution < 1.29 is 9.90 Å². The van der Waals surface area contributed by atoms with E-state index in [1.807, 2.05) is 19.1 Å².